The third-order valence-electron chi connectivity index (χ3n) is 6.75. The molecular weight excluding hydrogens is 613 g/mol. The van der Waals surface area contributed by atoms with E-state index in [-0.39, 0.29) is 12.3 Å². The van der Waals surface area contributed by atoms with E-state index in [0.29, 0.717) is 28.1 Å². The number of nitrogens with one attached hydrogen (secondary N) is 1. The van der Waals surface area contributed by atoms with Gasteiger partial charge in [-0.05, 0) is 41.3 Å². The van der Waals surface area contributed by atoms with Crippen molar-refractivity contribution in [2.45, 2.75) is 61.7 Å². The van der Waals surface area contributed by atoms with E-state index < -0.39 is 18.3 Å². The van der Waals surface area contributed by atoms with Gasteiger partial charge in [0.1, 0.15) is 12.4 Å². The van der Waals surface area contributed by atoms with E-state index in [2.05, 4.69) is 48.1 Å². The second kappa shape index (κ2) is 14.4. The van der Waals surface area contributed by atoms with Gasteiger partial charge in [-0.2, -0.15) is 0 Å². The highest BCUT2D eigenvalue weighted by atomic mass is 127. The lowest BCUT2D eigenvalue weighted by atomic mass is 10.1. The van der Waals surface area contributed by atoms with Crippen LogP contribution in [-0.2, 0) is 39.8 Å². The first kappa shape index (κ1) is 29.8. The van der Waals surface area contributed by atoms with E-state index >= 15 is 0 Å². The Morgan fingerprint density at radius 2 is 1.51 bits per heavy atom. The van der Waals surface area contributed by atoms with Crippen molar-refractivity contribution >= 4 is 40.9 Å². The summed E-state index contributed by atoms with van der Waals surface area (Å²) in [7, 11) is -5.35. The molecule has 0 radical (unpaired) electrons. The Morgan fingerprint density at radius 1 is 0.892 bits per heavy atom. The first-order chi connectivity index (χ1) is 17.8. The zero-order valence-electron chi connectivity index (χ0n) is 22.0. The van der Waals surface area contributed by atoms with Gasteiger partial charge < -0.3 is 9.16 Å². The molecule has 5 nitrogen and oxygen atoms in total. The van der Waals surface area contributed by atoms with Crippen LogP contribution >= 0.6 is 22.6 Å². The molecule has 0 saturated heterocycles. The lowest BCUT2D eigenvalue weighted by Crippen LogP contribution is -2.45. The first-order valence-electron chi connectivity index (χ1n) is 12.8. The number of halogens is 1. The number of hydrogen-bond acceptors (Lipinski definition) is 4. The van der Waals surface area contributed by atoms with Gasteiger partial charge in [-0.25, -0.2) is 13.1 Å². The highest BCUT2D eigenvalue weighted by molar-refractivity contribution is 14.1. The second-order valence-electron chi connectivity index (χ2n) is 9.27. The number of benzene rings is 3. The fourth-order valence-electron chi connectivity index (χ4n) is 4.33. The minimum atomic E-state index is -3.57. The van der Waals surface area contributed by atoms with Crippen molar-refractivity contribution in [1.29, 1.82) is 0 Å². The number of alkyl halides is 1. The van der Waals surface area contributed by atoms with Gasteiger partial charge in [0, 0.05) is 22.3 Å². The molecule has 1 atom stereocenters. The average molecular weight is 652 g/mol. The van der Waals surface area contributed by atoms with Gasteiger partial charge in [0.2, 0.25) is 18.3 Å². The zero-order valence-corrected chi connectivity index (χ0v) is 25.9. The fourth-order valence-corrected chi connectivity index (χ4v) is 11.4. The fraction of sp³-hybridized carbons (Fsp3) is 0.379. The normalized spacial score (nSPS) is 12.9. The Morgan fingerprint density at radius 3 is 2.11 bits per heavy atom. The molecule has 0 aliphatic carbocycles. The Hall–Kier alpha value is -1.72. The molecule has 0 saturated carbocycles. The van der Waals surface area contributed by atoms with Gasteiger partial charge in [-0.1, -0.05) is 116 Å². The molecule has 0 unspecified atom stereocenters. The highest BCUT2D eigenvalue weighted by Crippen LogP contribution is 2.28. The SMILES string of the molecule is CC[Si](CC)(OCCc1ccc(OCc2ccccc2)c(CS(=O)(=O)NCc2ccccc2)c1)[C@@H](C)I. The van der Waals surface area contributed by atoms with Crippen LogP contribution in [0.3, 0.4) is 0 Å². The summed E-state index contributed by atoms with van der Waals surface area (Å²) in [6.45, 7) is 7.99. The average Bonchev–Trinajstić information content (AvgIpc) is 2.90. The van der Waals surface area contributed by atoms with Crippen LogP contribution in [0, 0.1) is 0 Å². The zero-order chi connectivity index (χ0) is 26.7. The number of ether oxygens (including phenoxy) is 1. The van der Waals surface area contributed by atoms with Crippen molar-refractivity contribution in [2.75, 3.05) is 6.61 Å². The molecule has 0 bridgehead atoms. The van der Waals surface area contributed by atoms with Crippen molar-refractivity contribution in [3.8, 4) is 5.75 Å². The quantitative estimate of drug-likeness (QED) is 0.112. The topological polar surface area (TPSA) is 64.6 Å². The molecule has 200 valence electrons. The second-order valence-corrected chi connectivity index (χ2v) is 18.8. The third kappa shape index (κ3) is 9.21. The third-order valence-corrected chi connectivity index (χ3v) is 16.1. The summed E-state index contributed by atoms with van der Waals surface area (Å²) in [6, 6.07) is 27.5. The van der Waals surface area contributed by atoms with Crippen LogP contribution in [0.2, 0.25) is 12.1 Å². The van der Waals surface area contributed by atoms with E-state index in [1.807, 2.05) is 78.9 Å². The van der Waals surface area contributed by atoms with E-state index in [4.69, 9.17) is 9.16 Å². The van der Waals surface area contributed by atoms with Gasteiger partial charge in [-0.15, -0.1) is 0 Å². The molecule has 0 aromatic heterocycles. The van der Waals surface area contributed by atoms with Crippen molar-refractivity contribution < 1.29 is 17.6 Å². The Balaban J connectivity index is 1.75. The lowest BCUT2D eigenvalue weighted by molar-refractivity contribution is 0.300. The molecule has 8 heteroatoms. The summed E-state index contributed by atoms with van der Waals surface area (Å²) >= 11 is 2.51. The van der Waals surface area contributed by atoms with E-state index in [9.17, 15) is 8.42 Å². The van der Waals surface area contributed by atoms with Crippen LogP contribution in [0.5, 0.6) is 5.75 Å². The molecular formula is C29H38INO4SSi. The predicted molar refractivity (Wildman–Crippen MR) is 163 cm³/mol. The molecule has 3 aromatic rings. The maximum absolute atomic E-state index is 13.0. The van der Waals surface area contributed by atoms with Crippen molar-refractivity contribution in [2.24, 2.45) is 0 Å². The molecule has 0 aliphatic heterocycles. The highest BCUT2D eigenvalue weighted by Gasteiger charge is 2.35. The Labute approximate surface area is 237 Å². The smallest absolute Gasteiger partial charge is 0.216 e. The van der Waals surface area contributed by atoms with E-state index in [1.165, 1.54) is 0 Å². The molecule has 3 aromatic carbocycles. The minimum absolute atomic E-state index is 0.147. The van der Waals surface area contributed by atoms with E-state index in [1.54, 1.807) is 0 Å². The summed E-state index contributed by atoms with van der Waals surface area (Å²) in [4.78, 5) is 0. The monoisotopic (exact) mass is 651 g/mol. The van der Waals surface area contributed by atoms with Crippen molar-refractivity contribution in [3.63, 3.8) is 0 Å². The Bertz CT molecular complexity index is 1200. The van der Waals surface area contributed by atoms with Crippen molar-refractivity contribution in [1.82, 2.24) is 4.72 Å². The molecule has 3 rings (SSSR count). The summed E-state index contributed by atoms with van der Waals surface area (Å²) in [6.07, 6.45) is 0.738. The van der Waals surface area contributed by atoms with Gasteiger partial charge >= 0.3 is 0 Å². The summed E-state index contributed by atoms with van der Waals surface area (Å²) in [5, 5.41) is 0. The van der Waals surface area contributed by atoms with Crippen molar-refractivity contribution in [3.05, 3.63) is 101 Å². The molecule has 0 amide bonds. The van der Waals surface area contributed by atoms with Gasteiger partial charge in [0.15, 0.2) is 0 Å². The number of rotatable bonds is 15. The Kier molecular flexibility index (Phi) is 11.6. The summed E-state index contributed by atoms with van der Waals surface area (Å²) in [5.41, 5.74) is 3.66. The lowest BCUT2D eigenvalue weighted by Gasteiger charge is -2.32. The summed E-state index contributed by atoms with van der Waals surface area (Å²) < 4.78 is 41.9. The maximum Gasteiger partial charge on any atom is 0.216 e. The number of hydrogen-bond donors (Lipinski definition) is 1. The van der Waals surface area contributed by atoms with Crippen LogP contribution in [0.15, 0.2) is 78.9 Å². The van der Waals surface area contributed by atoms with Crippen LogP contribution in [0.1, 0.15) is 43.0 Å². The predicted octanol–water partition coefficient (Wildman–Crippen LogP) is 6.79. The molecule has 0 spiro atoms. The van der Waals surface area contributed by atoms with Crippen LogP contribution < -0.4 is 9.46 Å². The molecule has 1 N–H and O–H groups in total. The van der Waals surface area contributed by atoms with Crippen LogP contribution in [0.4, 0.5) is 0 Å². The molecule has 0 aliphatic rings. The van der Waals surface area contributed by atoms with Crippen LogP contribution in [0.25, 0.3) is 0 Å². The maximum atomic E-state index is 13.0. The molecule has 37 heavy (non-hydrogen) atoms. The molecule has 0 heterocycles. The largest absolute Gasteiger partial charge is 0.489 e. The van der Waals surface area contributed by atoms with E-state index in [0.717, 1.165) is 35.2 Å². The van der Waals surface area contributed by atoms with Gasteiger partial charge in [0.05, 0.1) is 5.75 Å². The summed E-state index contributed by atoms with van der Waals surface area (Å²) in [5.74, 6) is 0.441. The van der Waals surface area contributed by atoms with Gasteiger partial charge in [-0.3, -0.25) is 0 Å². The van der Waals surface area contributed by atoms with Crippen LogP contribution in [-0.4, -0.2) is 26.9 Å². The minimum Gasteiger partial charge on any atom is -0.489 e. The number of sulfonamides is 1. The first-order valence-corrected chi connectivity index (χ1v) is 18.1. The van der Waals surface area contributed by atoms with Gasteiger partial charge in [0.25, 0.3) is 0 Å². The molecule has 0 fully saturated rings. The standard InChI is InChI=1S/C29H38INO4SSi/c1-4-37(5-2,24(3)30)35-19-18-25-16-17-29(34-22-27-14-10-7-11-15-27)28(20-25)23-36(32,33)31-21-26-12-8-6-9-13-26/h6-17,20,24,31H,4-5,18-19,21-23H2,1-3H3/t24-/m0/s1.